The van der Waals surface area contributed by atoms with Crippen molar-refractivity contribution in [3.05, 3.63) is 54.0 Å². The minimum absolute atomic E-state index is 0.147. The summed E-state index contributed by atoms with van der Waals surface area (Å²) in [7, 11) is 2.08. The van der Waals surface area contributed by atoms with Gasteiger partial charge >= 0.3 is 0 Å². The van der Waals surface area contributed by atoms with E-state index >= 15 is 0 Å². The number of carbonyl (C=O) groups is 1. The normalized spacial score (nSPS) is 18.3. The summed E-state index contributed by atoms with van der Waals surface area (Å²) in [6, 6.07) is 10.3. The van der Waals surface area contributed by atoms with Crippen molar-refractivity contribution in [1.29, 1.82) is 0 Å². The Balaban J connectivity index is 1.83. The first-order valence-corrected chi connectivity index (χ1v) is 7.24. The lowest BCUT2D eigenvalue weighted by Gasteiger charge is -2.28. The van der Waals surface area contributed by atoms with E-state index in [1.54, 1.807) is 12.5 Å². The fraction of sp³-hybridized carbons (Fsp3) is 0.353. The molecular formula is C17H20N2O2. The molecule has 1 atom stereocenters. The van der Waals surface area contributed by atoms with Crippen LogP contribution in [0.2, 0.25) is 0 Å². The smallest absolute Gasteiger partial charge is 0.227 e. The number of para-hydroxylation sites is 1. The molecule has 4 nitrogen and oxygen atoms in total. The van der Waals surface area contributed by atoms with Gasteiger partial charge in [0, 0.05) is 31.9 Å². The lowest BCUT2D eigenvalue weighted by Crippen LogP contribution is -2.42. The number of fused-ring (bicyclic) bond motifs is 1. The molecule has 2 heterocycles. The number of hydrogen-bond donors (Lipinski definition) is 0. The summed E-state index contributed by atoms with van der Waals surface area (Å²) in [4.78, 5) is 16.8. The summed E-state index contributed by atoms with van der Waals surface area (Å²) in [6.45, 7) is 3.61. The molecule has 0 radical (unpaired) electrons. The van der Waals surface area contributed by atoms with E-state index in [1.807, 2.05) is 23.1 Å². The van der Waals surface area contributed by atoms with Gasteiger partial charge in [0.25, 0.3) is 0 Å². The molecule has 1 aromatic heterocycles. The van der Waals surface area contributed by atoms with Crippen LogP contribution in [0.1, 0.15) is 18.1 Å². The lowest BCUT2D eigenvalue weighted by molar-refractivity contribution is -0.132. The van der Waals surface area contributed by atoms with Crippen molar-refractivity contribution in [1.82, 2.24) is 4.90 Å². The zero-order valence-corrected chi connectivity index (χ0v) is 12.5. The zero-order valence-electron chi connectivity index (χ0n) is 12.5. The minimum atomic E-state index is 0.147. The van der Waals surface area contributed by atoms with Crippen LogP contribution in [0.4, 0.5) is 5.69 Å². The average Bonchev–Trinajstić information content (AvgIpc) is 2.93. The SMILES string of the molecule is CC1CN(C)c2ccccc2CN1C(=O)Cc1ccoc1. The van der Waals surface area contributed by atoms with Crippen molar-refractivity contribution >= 4 is 11.6 Å². The van der Waals surface area contributed by atoms with Gasteiger partial charge in [-0.25, -0.2) is 0 Å². The molecule has 21 heavy (non-hydrogen) atoms. The first-order valence-electron chi connectivity index (χ1n) is 7.24. The third-order valence-corrected chi connectivity index (χ3v) is 4.07. The number of hydrogen-bond acceptors (Lipinski definition) is 3. The van der Waals surface area contributed by atoms with E-state index < -0.39 is 0 Å². The number of anilines is 1. The summed E-state index contributed by atoms with van der Waals surface area (Å²) in [5.41, 5.74) is 3.34. The highest BCUT2D eigenvalue weighted by Gasteiger charge is 2.26. The molecule has 1 aliphatic rings. The fourth-order valence-electron chi connectivity index (χ4n) is 2.95. The van der Waals surface area contributed by atoms with Crippen LogP contribution in [0.5, 0.6) is 0 Å². The maximum atomic E-state index is 12.6. The maximum Gasteiger partial charge on any atom is 0.227 e. The lowest BCUT2D eigenvalue weighted by atomic mass is 10.1. The van der Waals surface area contributed by atoms with Crippen LogP contribution in [-0.4, -0.2) is 30.4 Å². The molecule has 1 aliphatic heterocycles. The summed E-state index contributed by atoms with van der Waals surface area (Å²) in [5, 5.41) is 0. The monoisotopic (exact) mass is 284 g/mol. The summed E-state index contributed by atoms with van der Waals surface area (Å²) in [5.74, 6) is 0.147. The molecule has 0 spiro atoms. The molecule has 0 aliphatic carbocycles. The minimum Gasteiger partial charge on any atom is -0.472 e. The molecule has 0 fully saturated rings. The van der Waals surface area contributed by atoms with Crippen LogP contribution in [0.25, 0.3) is 0 Å². The predicted octanol–water partition coefficient (Wildman–Crippen LogP) is 2.69. The van der Waals surface area contributed by atoms with Gasteiger partial charge in [0.15, 0.2) is 0 Å². The molecule has 0 saturated carbocycles. The Morgan fingerprint density at radius 1 is 1.33 bits per heavy atom. The zero-order chi connectivity index (χ0) is 14.8. The Labute approximate surface area is 125 Å². The van der Waals surface area contributed by atoms with Gasteiger partial charge < -0.3 is 14.2 Å². The van der Waals surface area contributed by atoms with Gasteiger partial charge in [-0.05, 0) is 30.2 Å². The van der Waals surface area contributed by atoms with E-state index in [1.165, 1.54) is 11.3 Å². The van der Waals surface area contributed by atoms with Crippen molar-refractivity contribution in [2.24, 2.45) is 0 Å². The highest BCUT2D eigenvalue weighted by Crippen LogP contribution is 2.26. The second kappa shape index (κ2) is 5.64. The van der Waals surface area contributed by atoms with Crippen LogP contribution in [0.3, 0.4) is 0 Å². The molecule has 1 unspecified atom stereocenters. The van der Waals surface area contributed by atoms with Gasteiger partial charge in [-0.2, -0.15) is 0 Å². The van der Waals surface area contributed by atoms with E-state index in [2.05, 4.69) is 31.0 Å². The molecule has 110 valence electrons. The first kappa shape index (κ1) is 13.7. The molecule has 1 amide bonds. The van der Waals surface area contributed by atoms with E-state index in [4.69, 9.17) is 4.42 Å². The van der Waals surface area contributed by atoms with E-state index in [0.717, 1.165) is 12.1 Å². The quantitative estimate of drug-likeness (QED) is 0.851. The largest absolute Gasteiger partial charge is 0.472 e. The van der Waals surface area contributed by atoms with E-state index in [-0.39, 0.29) is 11.9 Å². The van der Waals surface area contributed by atoms with Crippen molar-refractivity contribution < 1.29 is 9.21 Å². The van der Waals surface area contributed by atoms with Crippen LogP contribution < -0.4 is 4.90 Å². The van der Waals surface area contributed by atoms with Crippen molar-refractivity contribution in [3.63, 3.8) is 0 Å². The third-order valence-electron chi connectivity index (χ3n) is 4.07. The highest BCUT2D eigenvalue weighted by molar-refractivity contribution is 5.79. The molecule has 0 saturated heterocycles. The van der Waals surface area contributed by atoms with Crippen LogP contribution in [0, 0.1) is 0 Å². The Morgan fingerprint density at radius 2 is 2.14 bits per heavy atom. The van der Waals surface area contributed by atoms with E-state index in [9.17, 15) is 4.79 Å². The topological polar surface area (TPSA) is 36.7 Å². The molecule has 0 bridgehead atoms. The van der Waals surface area contributed by atoms with Crippen LogP contribution >= 0.6 is 0 Å². The number of nitrogens with zero attached hydrogens (tertiary/aromatic N) is 2. The Kier molecular flexibility index (Phi) is 3.69. The van der Waals surface area contributed by atoms with Crippen molar-refractivity contribution in [3.8, 4) is 0 Å². The molecular weight excluding hydrogens is 264 g/mol. The first-order chi connectivity index (χ1) is 10.1. The van der Waals surface area contributed by atoms with Crippen LogP contribution in [0.15, 0.2) is 47.3 Å². The number of likely N-dealkylation sites (N-methyl/N-ethyl adjacent to an activating group) is 1. The number of carbonyl (C=O) groups excluding carboxylic acids is 1. The Hall–Kier alpha value is -2.23. The van der Waals surface area contributed by atoms with Crippen molar-refractivity contribution in [2.45, 2.75) is 25.9 Å². The van der Waals surface area contributed by atoms with Gasteiger partial charge in [0.1, 0.15) is 0 Å². The molecule has 1 aromatic carbocycles. The molecule has 2 aromatic rings. The van der Waals surface area contributed by atoms with Gasteiger partial charge in [-0.3, -0.25) is 4.79 Å². The van der Waals surface area contributed by atoms with E-state index in [0.29, 0.717) is 13.0 Å². The van der Waals surface area contributed by atoms with Gasteiger partial charge in [-0.1, -0.05) is 18.2 Å². The molecule has 0 N–H and O–H groups in total. The Morgan fingerprint density at radius 3 is 2.90 bits per heavy atom. The third kappa shape index (κ3) is 2.79. The average molecular weight is 284 g/mol. The number of furan rings is 1. The molecule has 4 heteroatoms. The molecule has 3 rings (SSSR count). The second-order valence-corrected chi connectivity index (χ2v) is 5.69. The summed E-state index contributed by atoms with van der Waals surface area (Å²) in [6.07, 6.45) is 3.64. The Bertz CT molecular complexity index is 621. The predicted molar refractivity (Wildman–Crippen MR) is 82.1 cm³/mol. The standard InChI is InChI=1S/C17H20N2O2/c1-13-10-18(2)16-6-4-3-5-15(16)11-19(13)17(20)9-14-7-8-21-12-14/h3-8,12-13H,9-11H2,1-2H3. The second-order valence-electron chi connectivity index (χ2n) is 5.69. The van der Waals surface area contributed by atoms with Gasteiger partial charge in [0.05, 0.1) is 18.9 Å². The number of benzene rings is 1. The van der Waals surface area contributed by atoms with Gasteiger partial charge in [-0.15, -0.1) is 0 Å². The highest BCUT2D eigenvalue weighted by atomic mass is 16.3. The summed E-state index contributed by atoms with van der Waals surface area (Å²) >= 11 is 0. The summed E-state index contributed by atoms with van der Waals surface area (Å²) < 4.78 is 5.05. The van der Waals surface area contributed by atoms with Gasteiger partial charge in [0.2, 0.25) is 5.91 Å². The number of rotatable bonds is 2. The van der Waals surface area contributed by atoms with Crippen molar-refractivity contribution in [2.75, 3.05) is 18.5 Å². The number of amides is 1. The maximum absolute atomic E-state index is 12.6. The fourth-order valence-corrected chi connectivity index (χ4v) is 2.95. The van der Waals surface area contributed by atoms with Crippen LogP contribution in [-0.2, 0) is 17.8 Å².